The quantitative estimate of drug-likeness (QED) is 0.436. The predicted molar refractivity (Wildman–Crippen MR) is 144 cm³/mol. The number of benzene rings is 2. The third-order valence-electron chi connectivity index (χ3n) is 6.66. The van der Waals surface area contributed by atoms with Crippen molar-refractivity contribution in [2.45, 2.75) is 30.8 Å². The van der Waals surface area contributed by atoms with Gasteiger partial charge in [-0.05, 0) is 49.6 Å². The summed E-state index contributed by atoms with van der Waals surface area (Å²) < 4.78 is 59.9. The molecular formula is C26H31F3N4O7S. The van der Waals surface area contributed by atoms with Crippen LogP contribution in [0.15, 0.2) is 47.4 Å². The molecular weight excluding hydrogens is 569 g/mol. The van der Waals surface area contributed by atoms with Crippen molar-refractivity contribution in [2.24, 2.45) is 0 Å². The zero-order chi connectivity index (χ0) is 30.4. The molecule has 0 saturated carbocycles. The van der Waals surface area contributed by atoms with E-state index in [0.29, 0.717) is 44.0 Å². The Morgan fingerprint density at radius 2 is 1.51 bits per heavy atom. The van der Waals surface area contributed by atoms with Gasteiger partial charge in [-0.2, -0.15) is 13.2 Å². The van der Waals surface area contributed by atoms with E-state index in [-0.39, 0.29) is 22.1 Å². The summed E-state index contributed by atoms with van der Waals surface area (Å²) >= 11 is 0. The fourth-order valence-corrected chi connectivity index (χ4v) is 5.80. The van der Waals surface area contributed by atoms with Crippen molar-refractivity contribution in [2.75, 3.05) is 55.4 Å². The highest BCUT2D eigenvalue weighted by atomic mass is 32.2. The maximum absolute atomic E-state index is 12.9. The highest BCUT2D eigenvalue weighted by Gasteiger charge is 2.38. The van der Waals surface area contributed by atoms with Gasteiger partial charge in [0.1, 0.15) is 0 Å². The Balaban J connectivity index is 0.000000587. The standard InChI is InChI=1S/C24H30N4O5S.C2HF3O2/c1-18-6-2-3-7-22(18)34(32,33)25-21-9-8-19(16-20(21)24(30)31)27-14-12-26(13-15-27)17-23(29)28-10-4-5-11-28;3-2(4,5)1(6)7/h2-3,6-9,16,25H,4-5,10-15,17H2,1H3,(H,30,31);(H,6,7). The normalized spacial score (nSPS) is 16.1. The number of aliphatic carboxylic acids is 1. The van der Waals surface area contributed by atoms with Crippen LogP contribution < -0.4 is 9.62 Å². The molecule has 0 unspecified atom stereocenters. The van der Waals surface area contributed by atoms with Gasteiger partial charge in [-0.25, -0.2) is 18.0 Å². The molecule has 2 fully saturated rings. The Hall–Kier alpha value is -3.85. The molecule has 0 bridgehead atoms. The number of hydrogen-bond donors (Lipinski definition) is 3. The van der Waals surface area contributed by atoms with Crippen LogP contribution >= 0.6 is 0 Å². The Morgan fingerprint density at radius 1 is 0.927 bits per heavy atom. The van der Waals surface area contributed by atoms with Crippen LogP contribution in [-0.4, -0.2) is 98.3 Å². The monoisotopic (exact) mass is 600 g/mol. The molecule has 0 spiro atoms. The van der Waals surface area contributed by atoms with Gasteiger partial charge in [-0.3, -0.25) is 14.4 Å². The third kappa shape index (κ3) is 8.57. The second kappa shape index (κ2) is 13.2. The number of carbonyl (C=O) groups is 3. The lowest BCUT2D eigenvalue weighted by Gasteiger charge is -2.36. The lowest BCUT2D eigenvalue weighted by Crippen LogP contribution is -2.49. The van der Waals surface area contributed by atoms with Crippen molar-refractivity contribution in [1.29, 1.82) is 0 Å². The smallest absolute Gasteiger partial charge is 0.478 e. The van der Waals surface area contributed by atoms with E-state index in [0.717, 1.165) is 25.9 Å². The number of likely N-dealkylation sites (tertiary alicyclic amines) is 1. The third-order valence-corrected chi connectivity index (χ3v) is 8.18. The van der Waals surface area contributed by atoms with Gasteiger partial charge in [0, 0.05) is 45.0 Å². The highest BCUT2D eigenvalue weighted by Crippen LogP contribution is 2.27. The number of hydrogen-bond acceptors (Lipinski definition) is 7. The van der Waals surface area contributed by atoms with Crippen LogP contribution in [0.2, 0.25) is 0 Å². The Bertz CT molecular complexity index is 1370. The summed E-state index contributed by atoms with van der Waals surface area (Å²) in [6.45, 7) is 6.49. The lowest BCUT2D eigenvalue weighted by molar-refractivity contribution is -0.192. The number of aryl methyl sites for hydroxylation is 1. The average molecular weight is 601 g/mol. The minimum absolute atomic E-state index is 0.0225. The molecule has 2 heterocycles. The van der Waals surface area contributed by atoms with E-state index in [1.54, 1.807) is 31.2 Å². The van der Waals surface area contributed by atoms with Crippen LogP contribution in [0.25, 0.3) is 0 Å². The van der Waals surface area contributed by atoms with E-state index in [1.165, 1.54) is 18.2 Å². The summed E-state index contributed by atoms with van der Waals surface area (Å²) in [7, 11) is -3.93. The van der Waals surface area contributed by atoms with Gasteiger partial charge in [0.25, 0.3) is 10.0 Å². The fraction of sp³-hybridized carbons (Fsp3) is 0.423. The van der Waals surface area contributed by atoms with E-state index in [1.807, 2.05) is 4.90 Å². The topological polar surface area (TPSA) is 148 Å². The summed E-state index contributed by atoms with van der Waals surface area (Å²) in [6.07, 6.45) is -2.94. The second-order valence-electron chi connectivity index (χ2n) is 9.56. The molecule has 224 valence electrons. The number of nitrogens with one attached hydrogen (secondary N) is 1. The molecule has 1 amide bonds. The number of anilines is 2. The first-order valence-corrected chi connectivity index (χ1v) is 14.2. The first-order valence-electron chi connectivity index (χ1n) is 12.7. The summed E-state index contributed by atoms with van der Waals surface area (Å²) in [5, 5.41) is 16.9. The fourth-order valence-electron chi connectivity index (χ4n) is 4.47. The van der Waals surface area contributed by atoms with Gasteiger partial charge in [0.05, 0.1) is 22.7 Å². The molecule has 0 atom stereocenters. The summed E-state index contributed by atoms with van der Waals surface area (Å²) in [5.74, 6) is -3.80. The van der Waals surface area contributed by atoms with Gasteiger partial charge >= 0.3 is 18.1 Å². The average Bonchev–Trinajstić information content (AvgIpc) is 3.44. The molecule has 2 aromatic carbocycles. The maximum Gasteiger partial charge on any atom is 0.490 e. The van der Waals surface area contributed by atoms with Crippen molar-refractivity contribution in [1.82, 2.24) is 9.80 Å². The predicted octanol–water partition coefficient (Wildman–Crippen LogP) is 2.87. The summed E-state index contributed by atoms with van der Waals surface area (Å²) in [4.78, 5) is 39.5. The van der Waals surface area contributed by atoms with Crippen molar-refractivity contribution < 1.29 is 46.2 Å². The maximum atomic E-state index is 12.9. The number of nitrogens with zero attached hydrogens (tertiary/aromatic N) is 3. The molecule has 2 aliphatic rings. The van der Waals surface area contributed by atoms with Gasteiger partial charge in [-0.1, -0.05) is 18.2 Å². The molecule has 41 heavy (non-hydrogen) atoms. The van der Waals surface area contributed by atoms with Crippen LogP contribution in [0.3, 0.4) is 0 Å². The molecule has 2 aliphatic heterocycles. The minimum atomic E-state index is -5.08. The van der Waals surface area contributed by atoms with Crippen LogP contribution in [0.1, 0.15) is 28.8 Å². The molecule has 0 radical (unpaired) electrons. The van der Waals surface area contributed by atoms with E-state index in [4.69, 9.17) is 9.90 Å². The number of halogens is 3. The van der Waals surface area contributed by atoms with Crippen LogP contribution in [-0.2, 0) is 19.6 Å². The van der Waals surface area contributed by atoms with Crippen molar-refractivity contribution in [3.63, 3.8) is 0 Å². The van der Waals surface area contributed by atoms with E-state index < -0.39 is 28.1 Å². The SMILES string of the molecule is Cc1ccccc1S(=O)(=O)Nc1ccc(N2CCN(CC(=O)N3CCCC3)CC2)cc1C(=O)O.O=C(O)C(F)(F)F. The molecule has 2 saturated heterocycles. The Labute approximate surface area is 235 Å². The van der Waals surface area contributed by atoms with E-state index in [2.05, 4.69) is 14.5 Å². The number of rotatable bonds is 7. The van der Waals surface area contributed by atoms with Crippen LogP contribution in [0.5, 0.6) is 0 Å². The highest BCUT2D eigenvalue weighted by molar-refractivity contribution is 7.92. The molecule has 0 aliphatic carbocycles. The lowest BCUT2D eigenvalue weighted by atomic mass is 10.1. The first kappa shape index (κ1) is 31.7. The molecule has 3 N–H and O–H groups in total. The molecule has 2 aromatic rings. The zero-order valence-corrected chi connectivity index (χ0v) is 23.0. The molecule has 15 heteroatoms. The van der Waals surface area contributed by atoms with Gasteiger partial charge in [-0.15, -0.1) is 0 Å². The number of alkyl halides is 3. The van der Waals surface area contributed by atoms with Gasteiger partial charge in [0.2, 0.25) is 5.91 Å². The van der Waals surface area contributed by atoms with Gasteiger partial charge < -0.3 is 20.0 Å². The molecule has 0 aromatic heterocycles. The number of aromatic carboxylic acids is 1. The van der Waals surface area contributed by atoms with Crippen molar-refractivity contribution >= 4 is 39.2 Å². The Morgan fingerprint density at radius 3 is 2.05 bits per heavy atom. The number of amides is 1. The van der Waals surface area contributed by atoms with Crippen molar-refractivity contribution in [3.05, 3.63) is 53.6 Å². The summed E-state index contributed by atoms with van der Waals surface area (Å²) in [6, 6.07) is 11.3. The number of carbonyl (C=O) groups excluding carboxylic acids is 1. The number of sulfonamides is 1. The molecule has 11 nitrogen and oxygen atoms in total. The second-order valence-corrected chi connectivity index (χ2v) is 11.2. The van der Waals surface area contributed by atoms with E-state index in [9.17, 15) is 36.3 Å². The zero-order valence-electron chi connectivity index (χ0n) is 22.2. The van der Waals surface area contributed by atoms with Gasteiger partial charge in [0.15, 0.2) is 0 Å². The number of piperazine rings is 1. The largest absolute Gasteiger partial charge is 0.490 e. The number of carboxylic acids is 2. The van der Waals surface area contributed by atoms with Crippen molar-refractivity contribution in [3.8, 4) is 0 Å². The van der Waals surface area contributed by atoms with E-state index >= 15 is 0 Å². The molecule has 4 rings (SSSR count). The Kier molecular flexibility index (Phi) is 10.2. The summed E-state index contributed by atoms with van der Waals surface area (Å²) in [5.41, 5.74) is 1.20. The van der Waals surface area contributed by atoms with Crippen LogP contribution in [0, 0.1) is 6.92 Å². The minimum Gasteiger partial charge on any atom is -0.478 e. The van der Waals surface area contributed by atoms with Crippen LogP contribution in [0.4, 0.5) is 24.5 Å². The number of carboxylic acid groups (broad SMARTS) is 2. The first-order chi connectivity index (χ1) is 19.2.